The molecular formula is C9H15BrN4O. The molecule has 84 valence electrons. The number of hydrogen-bond donors (Lipinski definition) is 3. The summed E-state index contributed by atoms with van der Waals surface area (Å²) in [6.07, 6.45) is 3.29. The second-order valence-electron chi connectivity index (χ2n) is 3.44. The van der Waals surface area contributed by atoms with Gasteiger partial charge in [-0.05, 0) is 35.7 Å². The lowest BCUT2D eigenvalue weighted by atomic mass is 10.2. The average molecular weight is 275 g/mol. The Bertz CT molecular complexity index is 363. The van der Waals surface area contributed by atoms with Gasteiger partial charge in [0.25, 0.3) is 5.56 Å². The van der Waals surface area contributed by atoms with Crippen LogP contribution in [0.2, 0.25) is 0 Å². The van der Waals surface area contributed by atoms with Crippen LogP contribution in [0.5, 0.6) is 0 Å². The predicted octanol–water partition coefficient (Wildman–Crippen LogP) is 1.07. The number of nitrogens with one attached hydrogen (secondary N) is 2. The van der Waals surface area contributed by atoms with Gasteiger partial charge in [-0.3, -0.25) is 4.79 Å². The molecule has 6 heteroatoms. The summed E-state index contributed by atoms with van der Waals surface area (Å²) >= 11 is 3.17. The number of nitrogens with two attached hydrogens (primary N) is 1. The minimum Gasteiger partial charge on any atom is -0.369 e. The highest BCUT2D eigenvalue weighted by atomic mass is 79.9. The van der Waals surface area contributed by atoms with Crippen LogP contribution in [-0.2, 0) is 0 Å². The van der Waals surface area contributed by atoms with Crippen LogP contribution in [0.4, 0.5) is 5.82 Å². The monoisotopic (exact) mass is 274 g/mol. The zero-order chi connectivity index (χ0) is 11.3. The van der Waals surface area contributed by atoms with E-state index in [1.165, 1.54) is 6.33 Å². The van der Waals surface area contributed by atoms with Crippen molar-refractivity contribution in [3.8, 4) is 0 Å². The van der Waals surface area contributed by atoms with Crippen molar-refractivity contribution >= 4 is 21.7 Å². The molecule has 15 heavy (non-hydrogen) atoms. The van der Waals surface area contributed by atoms with Gasteiger partial charge < -0.3 is 16.0 Å². The molecule has 1 rings (SSSR count). The molecule has 0 saturated heterocycles. The molecule has 1 atom stereocenters. The number of rotatable bonds is 5. The molecule has 0 amide bonds. The predicted molar refractivity (Wildman–Crippen MR) is 63.9 cm³/mol. The van der Waals surface area contributed by atoms with Gasteiger partial charge in [0.1, 0.15) is 10.3 Å². The van der Waals surface area contributed by atoms with Crippen LogP contribution in [0.25, 0.3) is 0 Å². The third-order valence-electron chi connectivity index (χ3n) is 1.93. The van der Waals surface area contributed by atoms with Crippen molar-refractivity contribution in [2.75, 3.05) is 11.9 Å². The van der Waals surface area contributed by atoms with Crippen molar-refractivity contribution in [1.29, 1.82) is 0 Å². The third-order valence-corrected chi connectivity index (χ3v) is 2.66. The number of aromatic nitrogens is 2. The molecule has 0 radical (unpaired) electrons. The van der Waals surface area contributed by atoms with Crippen molar-refractivity contribution in [1.82, 2.24) is 9.97 Å². The number of H-pyrrole nitrogens is 1. The van der Waals surface area contributed by atoms with E-state index in [0.29, 0.717) is 10.3 Å². The van der Waals surface area contributed by atoms with Gasteiger partial charge in [0.05, 0.1) is 6.33 Å². The molecule has 0 saturated carbocycles. The van der Waals surface area contributed by atoms with E-state index in [-0.39, 0.29) is 11.6 Å². The van der Waals surface area contributed by atoms with Crippen molar-refractivity contribution in [3.63, 3.8) is 0 Å². The van der Waals surface area contributed by atoms with Gasteiger partial charge in [0, 0.05) is 12.6 Å². The first-order valence-electron chi connectivity index (χ1n) is 4.84. The van der Waals surface area contributed by atoms with E-state index in [9.17, 15) is 4.79 Å². The summed E-state index contributed by atoms with van der Waals surface area (Å²) < 4.78 is 0.436. The Balaban J connectivity index is 2.44. The van der Waals surface area contributed by atoms with E-state index in [1.54, 1.807) is 0 Å². The fourth-order valence-corrected chi connectivity index (χ4v) is 1.49. The van der Waals surface area contributed by atoms with Gasteiger partial charge in [-0.15, -0.1) is 0 Å². The van der Waals surface area contributed by atoms with Gasteiger partial charge in [-0.2, -0.15) is 0 Å². The van der Waals surface area contributed by atoms with E-state index in [0.717, 1.165) is 19.4 Å². The number of halogens is 1. The first-order valence-corrected chi connectivity index (χ1v) is 5.63. The summed E-state index contributed by atoms with van der Waals surface area (Å²) in [5.41, 5.74) is 5.44. The summed E-state index contributed by atoms with van der Waals surface area (Å²) in [5.74, 6) is 0.573. The first-order chi connectivity index (χ1) is 7.11. The summed E-state index contributed by atoms with van der Waals surface area (Å²) in [4.78, 5) is 17.7. The molecular weight excluding hydrogens is 260 g/mol. The quantitative estimate of drug-likeness (QED) is 0.702. The van der Waals surface area contributed by atoms with Gasteiger partial charge in [0.15, 0.2) is 0 Å². The van der Waals surface area contributed by atoms with Crippen LogP contribution in [-0.4, -0.2) is 22.6 Å². The molecule has 0 bridgehead atoms. The SMILES string of the molecule is CC(N)CCCNc1nc[nH]c(=O)c1Br. The van der Waals surface area contributed by atoms with Crippen LogP contribution in [0.15, 0.2) is 15.6 Å². The van der Waals surface area contributed by atoms with Crippen LogP contribution >= 0.6 is 15.9 Å². The Kier molecular flexibility index (Phi) is 4.77. The van der Waals surface area contributed by atoms with Crippen molar-refractivity contribution in [3.05, 3.63) is 21.2 Å². The summed E-state index contributed by atoms with van der Waals surface area (Å²) in [7, 11) is 0. The molecule has 0 aliphatic heterocycles. The molecule has 1 aromatic rings. The maximum absolute atomic E-state index is 11.2. The Morgan fingerprint density at radius 1 is 1.73 bits per heavy atom. The Morgan fingerprint density at radius 3 is 3.13 bits per heavy atom. The molecule has 0 aliphatic rings. The largest absolute Gasteiger partial charge is 0.369 e. The van der Waals surface area contributed by atoms with Crippen LogP contribution in [0.1, 0.15) is 19.8 Å². The lowest BCUT2D eigenvalue weighted by molar-refractivity contribution is 0.638. The van der Waals surface area contributed by atoms with Gasteiger partial charge in [0.2, 0.25) is 0 Å². The zero-order valence-corrected chi connectivity index (χ0v) is 10.2. The van der Waals surface area contributed by atoms with Gasteiger partial charge >= 0.3 is 0 Å². The summed E-state index contributed by atoms with van der Waals surface area (Å²) in [5, 5.41) is 3.08. The summed E-state index contributed by atoms with van der Waals surface area (Å²) in [6.45, 7) is 2.73. The summed E-state index contributed by atoms with van der Waals surface area (Å²) in [6, 6.07) is 0.211. The normalized spacial score (nSPS) is 12.5. The van der Waals surface area contributed by atoms with Crippen LogP contribution < -0.4 is 16.6 Å². The van der Waals surface area contributed by atoms with Gasteiger partial charge in [-0.1, -0.05) is 0 Å². The second-order valence-corrected chi connectivity index (χ2v) is 4.23. The molecule has 1 heterocycles. The number of aromatic amines is 1. The standard InChI is InChI=1S/C9H15BrN4O/c1-6(11)3-2-4-12-8-7(10)9(15)14-5-13-8/h5-6H,2-4,11H2,1H3,(H2,12,13,14,15). The minimum absolute atomic E-state index is 0.181. The second kappa shape index (κ2) is 5.87. The molecule has 1 unspecified atom stereocenters. The third kappa shape index (κ3) is 4.01. The molecule has 0 aromatic carbocycles. The molecule has 0 fully saturated rings. The average Bonchev–Trinajstić information content (AvgIpc) is 2.18. The molecule has 5 nitrogen and oxygen atoms in total. The van der Waals surface area contributed by atoms with Crippen LogP contribution in [0.3, 0.4) is 0 Å². The maximum Gasteiger partial charge on any atom is 0.267 e. The minimum atomic E-state index is -0.181. The van der Waals surface area contributed by atoms with Crippen LogP contribution in [0, 0.1) is 0 Å². The first kappa shape index (κ1) is 12.2. The topological polar surface area (TPSA) is 83.8 Å². The number of anilines is 1. The fraction of sp³-hybridized carbons (Fsp3) is 0.556. The van der Waals surface area contributed by atoms with Gasteiger partial charge in [-0.25, -0.2) is 4.98 Å². The molecule has 0 aliphatic carbocycles. The highest BCUT2D eigenvalue weighted by molar-refractivity contribution is 9.10. The fourth-order valence-electron chi connectivity index (χ4n) is 1.14. The maximum atomic E-state index is 11.2. The van der Waals surface area contributed by atoms with E-state index in [4.69, 9.17) is 5.73 Å². The highest BCUT2D eigenvalue weighted by Crippen LogP contribution is 2.12. The van der Waals surface area contributed by atoms with Crippen molar-refractivity contribution in [2.45, 2.75) is 25.8 Å². The number of hydrogen-bond acceptors (Lipinski definition) is 4. The Hall–Kier alpha value is -0.880. The van der Waals surface area contributed by atoms with E-state index >= 15 is 0 Å². The zero-order valence-electron chi connectivity index (χ0n) is 8.59. The Labute approximate surface area is 96.6 Å². The van der Waals surface area contributed by atoms with E-state index in [2.05, 4.69) is 31.2 Å². The van der Waals surface area contributed by atoms with Crippen molar-refractivity contribution < 1.29 is 0 Å². The molecule has 0 spiro atoms. The molecule has 4 N–H and O–H groups in total. The van der Waals surface area contributed by atoms with E-state index < -0.39 is 0 Å². The molecule has 1 aromatic heterocycles. The van der Waals surface area contributed by atoms with E-state index in [1.807, 2.05) is 6.92 Å². The number of nitrogens with zero attached hydrogens (tertiary/aromatic N) is 1. The highest BCUT2D eigenvalue weighted by Gasteiger charge is 2.03. The lowest BCUT2D eigenvalue weighted by Gasteiger charge is -2.07. The lowest BCUT2D eigenvalue weighted by Crippen LogP contribution is -2.17. The Morgan fingerprint density at radius 2 is 2.47 bits per heavy atom. The van der Waals surface area contributed by atoms with Crippen molar-refractivity contribution in [2.24, 2.45) is 5.73 Å². The smallest absolute Gasteiger partial charge is 0.267 e.